The number of hydrogen-bond acceptors (Lipinski definition) is 4. The van der Waals surface area contributed by atoms with Crippen LogP contribution < -0.4 is 5.32 Å². The van der Waals surface area contributed by atoms with E-state index in [0.29, 0.717) is 5.65 Å². The fraction of sp³-hybridized carbons (Fsp3) is 0.214. The zero-order valence-electron chi connectivity index (χ0n) is 10.6. The van der Waals surface area contributed by atoms with E-state index in [0.717, 1.165) is 24.0 Å². The van der Waals surface area contributed by atoms with Gasteiger partial charge in [-0.1, -0.05) is 24.3 Å². The Kier molecular flexibility index (Phi) is 2.60. The first-order valence-electron chi connectivity index (χ1n) is 6.52. The lowest BCUT2D eigenvalue weighted by molar-refractivity contribution is 0.758. The maximum Gasteiger partial charge on any atom is 0.226 e. The molecule has 0 saturated heterocycles. The van der Waals surface area contributed by atoms with Crippen LogP contribution in [0.25, 0.3) is 11.0 Å². The number of aromatic amines is 1. The predicted octanol–water partition coefficient (Wildman–Crippen LogP) is 3.11. The Balaban J connectivity index is 1.74. The molecule has 100 valence electrons. The van der Waals surface area contributed by atoms with E-state index in [1.807, 2.05) is 0 Å². The van der Waals surface area contributed by atoms with Gasteiger partial charge in [0.1, 0.15) is 5.82 Å². The molecule has 0 saturated carbocycles. The molecule has 6 heteroatoms. The average molecular weight is 286 g/mol. The SMILES string of the molecule is Clc1nc(N[C@@H]2CCc3ccccc32)c2cn[nH]c2n1. The number of rotatable bonds is 2. The minimum Gasteiger partial charge on any atom is -0.362 e. The summed E-state index contributed by atoms with van der Waals surface area (Å²) in [6.07, 6.45) is 3.86. The molecule has 3 aromatic rings. The maximum atomic E-state index is 5.96. The summed E-state index contributed by atoms with van der Waals surface area (Å²) in [7, 11) is 0. The van der Waals surface area contributed by atoms with E-state index in [2.05, 4.69) is 49.7 Å². The second kappa shape index (κ2) is 4.45. The molecule has 0 aliphatic heterocycles. The van der Waals surface area contributed by atoms with Gasteiger partial charge in [0.15, 0.2) is 5.65 Å². The van der Waals surface area contributed by atoms with Gasteiger partial charge in [-0.25, -0.2) is 0 Å². The van der Waals surface area contributed by atoms with Gasteiger partial charge in [0.25, 0.3) is 0 Å². The Morgan fingerprint density at radius 2 is 2.15 bits per heavy atom. The quantitative estimate of drug-likeness (QED) is 0.710. The number of aromatic nitrogens is 4. The smallest absolute Gasteiger partial charge is 0.226 e. The largest absolute Gasteiger partial charge is 0.362 e. The number of halogens is 1. The number of nitrogens with one attached hydrogen (secondary N) is 2. The Bertz CT molecular complexity index is 782. The lowest BCUT2D eigenvalue weighted by atomic mass is 10.1. The van der Waals surface area contributed by atoms with E-state index in [4.69, 9.17) is 11.6 Å². The first-order valence-corrected chi connectivity index (χ1v) is 6.90. The molecule has 0 radical (unpaired) electrons. The Labute approximate surface area is 120 Å². The zero-order valence-corrected chi connectivity index (χ0v) is 11.4. The lowest BCUT2D eigenvalue weighted by Gasteiger charge is -2.15. The summed E-state index contributed by atoms with van der Waals surface area (Å²) in [6.45, 7) is 0. The van der Waals surface area contributed by atoms with Gasteiger partial charge >= 0.3 is 0 Å². The number of aryl methyl sites for hydroxylation is 1. The van der Waals surface area contributed by atoms with Crippen molar-refractivity contribution in [3.05, 3.63) is 46.9 Å². The molecular weight excluding hydrogens is 274 g/mol. The molecule has 20 heavy (non-hydrogen) atoms. The summed E-state index contributed by atoms with van der Waals surface area (Å²) < 4.78 is 0. The van der Waals surface area contributed by atoms with Crippen molar-refractivity contribution in [2.45, 2.75) is 18.9 Å². The van der Waals surface area contributed by atoms with Crippen LogP contribution in [-0.4, -0.2) is 20.2 Å². The van der Waals surface area contributed by atoms with Crippen molar-refractivity contribution in [1.29, 1.82) is 0 Å². The molecule has 4 rings (SSSR count). The van der Waals surface area contributed by atoms with Crippen molar-refractivity contribution in [3.8, 4) is 0 Å². The zero-order chi connectivity index (χ0) is 13.5. The van der Waals surface area contributed by atoms with Crippen LogP contribution in [0, 0.1) is 0 Å². The van der Waals surface area contributed by atoms with Gasteiger partial charge < -0.3 is 5.32 Å². The average Bonchev–Trinajstić information content (AvgIpc) is 3.06. The number of hydrogen-bond donors (Lipinski definition) is 2. The van der Waals surface area contributed by atoms with E-state index in [-0.39, 0.29) is 11.3 Å². The summed E-state index contributed by atoms with van der Waals surface area (Å²) in [6, 6.07) is 8.75. The van der Waals surface area contributed by atoms with Crippen molar-refractivity contribution in [2.24, 2.45) is 0 Å². The molecule has 1 aliphatic rings. The van der Waals surface area contributed by atoms with Crippen molar-refractivity contribution in [1.82, 2.24) is 20.2 Å². The van der Waals surface area contributed by atoms with Crippen LogP contribution in [-0.2, 0) is 6.42 Å². The normalized spacial score (nSPS) is 17.4. The highest BCUT2D eigenvalue weighted by molar-refractivity contribution is 6.28. The molecule has 2 N–H and O–H groups in total. The second-order valence-corrected chi connectivity index (χ2v) is 5.25. The third kappa shape index (κ3) is 1.82. The Hall–Kier alpha value is -2.14. The van der Waals surface area contributed by atoms with Crippen LogP contribution in [0.2, 0.25) is 5.28 Å². The fourth-order valence-electron chi connectivity index (χ4n) is 2.79. The second-order valence-electron chi connectivity index (χ2n) is 4.91. The van der Waals surface area contributed by atoms with Gasteiger partial charge in [-0.05, 0) is 35.6 Å². The van der Waals surface area contributed by atoms with E-state index in [9.17, 15) is 0 Å². The van der Waals surface area contributed by atoms with Gasteiger partial charge in [0.05, 0.1) is 17.6 Å². The standard InChI is InChI=1S/C14H12ClN5/c15-14-18-12(10-7-16-20-13(10)19-14)17-11-6-5-8-3-1-2-4-9(8)11/h1-4,7,11H,5-6H2,(H2,16,17,18,19,20)/t11-/m1/s1. The number of fused-ring (bicyclic) bond motifs is 2. The highest BCUT2D eigenvalue weighted by Crippen LogP contribution is 2.34. The van der Waals surface area contributed by atoms with Crippen LogP contribution in [0.4, 0.5) is 5.82 Å². The van der Waals surface area contributed by atoms with Crippen LogP contribution in [0.1, 0.15) is 23.6 Å². The summed E-state index contributed by atoms with van der Waals surface area (Å²) >= 11 is 5.96. The molecule has 5 nitrogen and oxygen atoms in total. The number of anilines is 1. The van der Waals surface area contributed by atoms with Crippen LogP contribution in [0.5, 0.6) is 0 Å². The summed E-state index contributed by atoms with van der Waals surface area (Å²) in [4.78, 5) is 8.40. The molecule has 0 fully saturated rings. The fourth-order valence-corrected chi connectivity index (χ4v) is 2.96. The minimum atomic E-state index is 0.218. The van der Waals surface area contributed by atoms with E-state index in [1.165, 1.54) is 11.1 Å². The summed E-state index contributed by atoms with van der Waals surface area (Å²) in [5.41, 5.74) is 3.38. The van der Waals surface area contributed by atoms with Gasteiger partial charge in [0.2, 0.25) is 5.28 Å². The van der Waals surface area contributed by atoms with E-state index < -0.39 is 0 Å². The highest BCUT2D eigenvalue weighted by Gasteiger charge is 2.23. The summed E-state index contributed by atoms with van der Waals surface area (Å²) in [5.74, 6) is 0.732. The first-order chi connectivity index (χ1) is 9.81. The molecule has 0 spiro atoms. The molecule has 0 unspecified atom stereocenters. The molecule has 1 aromatic carbocycles. The monoisotopic (exact) mass is 285 g/mol. The Morgan fingerprint density at radius 1 is 1.25 bits per heavy atom. The molecule has 2 aromatic heterocycles. The minimum absolute atomic E-state index is 0.218. The van der Waals surface area contributed by atoms with Crippen LogP contribution in [0.15, 0.2) is 30.5 Å². The van der Waals surface area contributed by atoms with Crippen molar-refractivity contribution in [3.63, 3.8) is 0 Å². The number of H-pyrrole nitrogens is 1. The van der Waals surface area contributed by atoms with Gasteiger partial charge in [-0.15, -0.1) is 0 Å². The highest BCUT2D eigenvalue weighted by atomic mass is 35.5. The van der Waals surface area contributed by atoms with E-state index >= 15 is 0 Å². The topological polar surface area (TPSA) is 66.5 Å². The van der Waals surface area contributed by atoms with Gasteiger partial charge in [-0.3, -0.25) is 5.10 Å². The molecular formula is C14H12ClN5. The molecule has 1 aliphatic carbocycles. The number of benzene rings is 1. The Morgan fingerprint density at radius 3 is 3.10 bits per heavy atom. The van der Waals surface area contributed by atoms with Crippen molar-refractivity contribution in [2.75, 3.05) is 5.32 Å². The number of nitrogens with zero attached hydrogens (tertiary/aromatic N) is 3. The lowest BCUT2D eigenvalue weighted by Crippen LogP contribution is -2.09. The third-order valence-electron chi connectivity index (χ3n) is 3.73. The first kappa shape index (κ1) is 11.7. The third-order valence-corrected chi connectivity index (χ3v) is 3.90. The maximum absolute atomic E-state index is 5.96. The molecule has 0 bridgehead atoms. The predicted molar refractivity (Wildman–Crippen MR) is 77.8 cm³/mol. The van der Waals surface area contributed by atoms with Crippen molar-refractivity contribution >= 4 is 28.5 Å². The molecule has 0 amide bonds. The van der Waals surface area contributed by atoms with Crippen LogP contribution >= 0.6 is 11.6 Å². The van der Waals surface area contributed by atoms with Gasteiger partial charge in [0, 0.05) is 0 Å². The van der Waals surface area contributed by atoms with Crippen LogP contribution in [0.3, 0.4) is 0 Å². The van der Waals surface area contributed by atoms with Gasteiger partial charge in [-0.2, -0.15) is 15.1 Å². The summed E-state index contributed by atoms with van der Waals surface area (Å²) in [5, 5.41) is 11.4. The van der Waals surface area contributed by atoms with E-state index in [1.54, 1.807) is 6.20 Å². The molecule has 1 atom stereocenters. The molecule has 2 heterocycles. The van der Waals surface area contributed by atoms with Crippen molar-refractivity contribution < 1.29 is 0 Å².